The zero-order valence-electron chi connectivity index (χ0n) is 14.6. The molecule has 1 unspecified atom stereocenters. The molecule has 1 amide bonds. The molecule has 2 aliphatic rings. The van der Waals surface area contributed by atoms with Crippen molar-refractivity contribution in [2.24, 2.45) is 23.5 Å². The summed E-state index contributed by atoms with van der Waals surface area (Å²) >= 11 is 0. The van der Waals surface area contributed by atoms with Crippen LogP contribution in [0.5, 0.6) is 11.5 Å². The maximum absolute atomic E-state index is 12.8. The molecule has 0 saturated heterocycles. The lowest BCUT2D eigenvalue weighted by Crippen LogP contribution is -2.39. The molecule has 1 aromatic carbocycles. The van der Waals surface area contributed by atoms with Gasteiger partial charge in [-0.15, -0.1) is 0 Å². The summed E-state index contributed by atoms with van der Waals surface area (Å²) in [4.78, 5) is 12.8. The Labute approximate surface area is 143 Å². The van der Waals surface area contributed by atoms with E-state index in [0.29, 0.717) is 25.7 Å². The third-order valence-electron chi connectivity index (χ3n) is 5.19. The molecule has 1 aliphatic carbocycles. The minimum atomic E-state index is -0.0349. The Hall–Kier alpha value is -1.75. The first-order chi connectivity index (χ1) is 11.6. The minimum absolute atomic E-state index is 0.0349. The second kappa shape index (κ2) is 7.43. The number of benzene rings is 1. The van der Waals surface area contributed by atoms with E-state index in [1.807, 2.05) is 18.2 Å². The number of fused-ring (bicyclic) bond motifs is 1. The average Bonchev–Trinajstić information content (AvgIpc) is 3.07. The number of ether oxygens (including phenoxy) is 2. The van der Waals surface area contributed by atoms with E-state index in [9.17, 15) is 4.79 Å². The molecule has 0 spiro atoms. The third kappa shape index (κ3) is 3.51. The lowest BCUT2D eigenvalue weighted by Gasteiger charge is -2.27. The van der Waals surface area contributed by atoms with Crippen LogP contribution in [-0.2, 0) is 4.79 Å². The summed E-state index contributed by atoms with van der Waals surface area (Å²) in [6, 6.07) is 5.92. The fourth-order valence-electron chi connectivity index (χ4n) is 3.81. The van der Waals surface area contributed by atoms with Crippen LogP contribution in [0, 0.1) is 17.8 Å². The number of hydrogen-bond acceptors (Lipinski definition) is 4. The molecule has 0 aromatic heterocycles. The SMILES string of the molecule is CC(C)C(NC(=O)[C@@H]1CCC[C@@H]1CN)c1ccc2c(c1)OCCO2. The molecule has 1 saturated carbocycles. The van der Waals surface area contributed by atoms with Crippen molar-refractivity contribution < 1.29 is 14.3 Å². The van der Waals surface area contributed by atoms with Gasteiger partial charge >= 0.3 is 0 Å². The zero-order chi connectivity index (χ0) is 17.1. The molecule has 24 heavy (non-hydrogen) atoms. The van der Waals surface area contributed by atoms with E-state index in [4.69, 9.17) is 15.2 Å². The Morgan fingerprint density at radius 3 is 2.71 bits per heavy atom. The van der Waals surface area contributed by atoms with Gasteiger partial charge in [0.2, 0.25) is 5.91 Å². The first-order valence-corrected chi connectivity index (χ1v) is 9.00. The van der Waals surface area contributed by atoms with Crippen molar-refractivity contribution in [1.29, 1.82) is 0 Å². The standard InChI is InChI=1S/C19H28N2O3/c1-12(2)18(21-19(22)15-5-3-4-14(15)11-20)13-6-7-16-17(10-13)24-9-8-23-16/h6-7,10,12,14-15,18H,3-5,8-9,11,20H2,1-2H3,(H,21,22)/t14-,15-,18?/m1/s1. The van der Waals surface area contributed by atoms with Crippen molar-refractivity contribution in [3.63, 3.8) is 0 Å². The summed E-state index contributed by atoms with van der Waals surface area (Å²) in [5.74, 6) is 2.33. The first kappa shape index (κ1) is 17.1. The molecule has 0 radical (unpaired) electrons. The molecule has 3 N–H and O–H groups in total. The Morgan fingerprint density at radius 2 is 2.00 bits per heavy atom. The Morgan fingerprint density at radius 1 is 1.25 bits per heavy atom. The van der Waals surface area contributed by atoms with Gasteiger partial charge in [-0.25, -0.2) is 0 Å². The van der Waals surface area contributed by atoms with Crippen molar-refractivity contribution in [1.82, 2.24) is 5.32 Å². The predicted octanol–water partition coefficient (Wildman–Crippen LogP) is 2.65. The van der Waals surface area contributed by atoms with Gasteiger partial charge in [0.25, 0.3) is 0 Å². The van der Waals surface area contributed by atoms with E-state index in [1.165, 1.54) is 0 Å². The van der Waals surface area contributed by atoms with Crippen LogP contribution in [0.15, 0.2) is 18.2 Å². The normalized spacial score (nSPS) is 24.0. The van der Waals surface area contributed by atoms with Gasteiger partial charge in [-0.1, -0.05) is 26.3 Å². The van der Waals surface area contributed by atoms with Crippen molar-refractivity contribution in [3.05, 3.63) is 23.8 Å². The second-order valence-corrected chi connectivity index (χ2v) is 7.17. The zero-order valence-corrected chi connectivity index (χ0v) is 14.6. The first-order valence-electron chi connectivity index (χ1n) is 9.00. The molecule has 1 heterocycles. The third-order valence-corrected chi connectivity index (χ3v) is 5.19. The van der Waals surface area contributed by atoms with E-state index in [2.05, 4.69) is 19.2 Å². The van der Waals surface area contributed by atoms with Crippen LogP contribution in [0.2, 0.25) is 0 Å². The Balaban J connectivity index is 1.76. The number of rotatable bonds is 5. The summed E-state index contributed by atoms with van der Waals surface area (Å²) in [7, 11) is 0. The summed E-state index contributed by atoms with van der Waals surface area (Å²) in [6.45, 7) is 5.98. The predicted molar refractivity (Wildman–Crippen MR) is 93.0 cm³/mol. The quantitative estimate of drug-likeness (QED) is 0.869. The Kier molecular flexibility index (Phi) is 5.29. The molecule has 1 aromatic rings. The summed E-state index contributed by atoms with van der Waals surface area (Å²) in [6.07, 6.45) is 3.10. The molecule has 5 heteroatoms. The lowest BCUT2D eigenvalue weighted by atomic mass is 9.92. The van der Waals surface area contributed by atoms with E-state index in [-0.39, 0.29) is 23.8 Å². The number of carbonyl (C=O) groups excluding carboxylic acids is 1. The van der Waals surface area contributed by atoms with Crippen LogP contribution in [0.1, 0.15) is 44.7 Å². The van der Waals surface area contributed by atoms with Gasteiger partial charge in [0.1, 0.15) is 13.2 Å². The highest BCUT2D eigenvalue weighted by atomic mass is 16.6. The highest BCUT2D eigenvalue weighted by Gasteiger charge is 2.33. The van der Waals surface area contributed by atoms with Crippen LogP contribution in [0.4, 0.5) is 0 Å². The monoisotopic (exact) mass is 332 g/mol. The fourth-order valence-corrected chi connectivity index (χ4v) is 3.81. The van der Waals surface area contributed by atoms with Gasteiger partial charge in [-0.2, -0.15) is 0 Å². The van der Waals surface area contributed by atoms with Crippen LogP contribution in [-0.4, -0.2) is 25.7 Å². The van der Waals surface area contributed by atoms with E-state index >= 15 is 0 Å². The van der Waals surface area contributed by atoms with Crippen LogP contribution < -0.4 is 20.5 Å². The maximum atomic E-state index is 12.8. The van der Waals surface area contributed by atoms with Gasteiger partial charge in [0.05, 0.1) is 6.04 Å². The van der Waals surface area contributed by atoms with E-state index < -0.39 is 0 Å². The summed E-state index contributed by atoms with van der Waals surface area (Å²) < 4.78 is 11.3. The topological polar surface area (TPSA) is 73.6 Å². The van der Waals surface area contributed by atoms with Gasteiger partial charge in [0.15, 0.2) is 11.5 Å². The molecule has 1 aliphatic heterocycles. The lowest BCUT2D eigenvalue weighted by molar-refractivity contribution is -0.127. The highest BCUT2D eigenvalue weighted by molar-refractivity contribution is 5.79. The molecule has 3 rings (SSSR count). The average molecular weight is 332 g/mol. The number of amides is 1. The van der Waals surface area contributed by atoms with Crippen molar-refractivity contribution in [2.75, 3.05) is 19.8 Å². The van der Waals surface area contributed by atoms with Gasteiger partial charge in [-0.05, 0) is 48.9 Å². The van der Waals surface area contributed by atoms with Crippen LogP contribution in [0.3, 0.4) is 0 Å². The molecule has 1 fully saturated rings. The summed E-state index contributed by atoms with van der Waals surface area (Å²) in [5.41, 5.74) is 6.89. The number of nitrogens with two attached hydrogens (primary N) is 1. The van der Waals surface area contributed by atoms with Crippen LogP contribution >= 0.6 is 0 Å². The molecular weight excluding hydrogens is 304 g/mol. The maximum Gasteiger partial charge on any atom is 0.223 e. The summed E-state index contributed by atoms with van der Waals surface area (Å²) in [5, 5.41) is 3.25. The Bertz CT molecular complexity index is 588. The molecule has 3 atom stereocenters. The minimum Gasteiger partial charge on any atom is -0.486 e. The van der Waals surface area contributed by atoms with E-state index in [0.717, 1.165) is 36.3 Å². The molecule has 5 nitrogen and oxygen atoms in total. The number of hydrogen-bond donors (Lipinski definition) is 2. The van der Waals surface area contributed by atoms with Crippen molar-refractivity contribution >= 4 is 5.91 Å². The smallest absolute Gasteiger partial charge is 0.223 e. The number of nitrogens with one attached hydrogen (secondary N) is 1. The van der Waals surface area contributed by atoms with Gasteiger partial charge in [-0.3, -0.25) is 4.79 Å². The van der Waals surface area contributed by atoms with Crippen LogP contribution in [0.25, 0.3) is 0 Å². The van der Waals surface area contributed by atoms with E-state index in [1.54, 1.807) is 0 Å². The fraction of sp³-hybridized carbons (Fsp3) is 0.632. The molecular formula is C19H28N2O3. The highest BCUT2D eigenvalue weighted by Crippen LogP contribution is 2.36. The molecule has 0 bridgehead atoms. The van der Waals surface area contributed by atoms with Gasteiger partial charge < -0.3 is 20.5 Å². The molecule has 132 valence electrons. The van der Waals surface area contributed by atoms with Crippen molar-refractivity contribution in [2.45, 2.75) is 39.2 Å². The second-order valence-electron chi connectivity index (χ2n) is 7.17. The largest absolute Gasteiger partial charge is 0.486 e. The van der Waals surface area contributed by atoms with Gasteiger partial charge in [0, 0.05) is 5.92 Å². The number of carbonyl (C=O) groups is 1. The van der Waals surface area contributed by atoms with Crippen molar-refractivity contribution in [3.8, 4) is 11.5 Å².